The van der Waals surface area contributed by atoms with Gasteiger partial charge in [-0.15, -0.1) is 5.10 Å². The molecule has 1 saturated carbocycles. The third-order valence-electron chi connectivity index (χ3n) is 5.91. The molecule has 5 rings (SSSR count). The Hall–Kier alpha value is -3.73. The van der Waals surface area contributed by atoms with Crippen molar-refractivity contribution in [2.75, 3.05) is 12.4 Å². The number of fused-ring (bicyclic) bond motifs is 1. The van der Waals surface area contributed by atoms with E-state index in [0.29, 0.717) is 34.2 Å². The van der Waals surface area contributed by atoms with Crippen molar-refractivity contribution in [2.45, 2.75) is 31.4 Å². The van der Waals surface area contributed by atoms with Gasteiger partial charge in [0.25, 0.3) is 0 Å². The number of rotatable bonds is 6. The minimum absolute atomic E-state index is 0.110. The minimum Gasteiger partial charge on any atom is -0.478 e. The number of imidazole rings is 1. The first-order chi connectivity index (χ1) is 15.4. The van der Waals surface area contributed by atoms with Crippen LogP contribution in [0.3, 0.4) is 0 Å². The summed E-state index contributed by atoms with van der Waals surface area (Å²) >= 11 is 0. The second-order valence-corrected chi connectivity index (χ2v) is 8.05. The molecular weight excluding hydrogens is 412 g/mol. The predicted octanol–water partition coefficient (Wildman–Crippen LogP) is 2.21. The average Bonchev–Trinajstić information content (AvgIpc) is 3.53. The smallest absolute Gasteiger partial charge is 0.338 e. The SMILES string of the molecule is CO[C@H]1CC[C@H](Nc2nc(-c3nccn3C)nn3cc(-c4ccn(C)n4)c(C(=O)O)c23)C1. The van der Waals surface area contributed by atoms with Crippen molar-refractivity contribution in [3.05, 3.63) is 36.4 Å². The zero-order valence-corrected chi connectivity index (χ0v) is 18.1. The molecule has 0 bridgehead atoms. The number of carboxylic acid groups (broad SMARTS) is 1. The standard InChI is InChI=1S/C21H24N8O3/c1-27-9-7-22-20(27)19-24-18(23-12-4-5-13(10-12)32-3)17-16(21(30)31)14(11-29(17)26-19)15-6-8-28(2)25-15/h6-9,11-13H,4-5,10H2,1-3H3,(H,30,31)(H,23,24,26)/t12-,13-/m0/s1. The number of nitrogens with one attached hydrogen (secondary N) is 1. The second kappa shape index (κ2) is 7.75. The summed E-state index contributed by atoms with van der Waals surface area (Å²) < 4.78 is 10.5. The molecular formula is C21H24N8O3. The molecule has 1 fully saturated rings. The van der Waals surface area contributed by atoms with Crippen LogP contribution in [0.2, 0.25) is 0 Å². The van der Waals surface area contributed by atoms with E-state index in [0.717, 1.165) is 19.3 Å². The summed E-state index contributed by atoms with van der Waals surface area (Å²) in [4.78, 5) is 21.4. The molecule has 0 radical (unpaired) electrons. The summed E-state index contributed by atoms with van der Waals surface area (Å²) in [6.07, 6.45) is 9.79. The number of ether oxygens (including phenoxy) is 1. The van der Waals surface area contributed by atoms with E-state index in [4.69, 9.17) is 9.72 Å². The van der Waals surface area contributed by atoms with Crippen molar-refractivity contribution in [2.24, 2.45) is 14.1 Å². The summed E-state index contributed by atoms with van der Waals surface area (Å²) in [5, 5.41) is 22.6. The topological polar surface area (TPSA) is 124 Å². The van der Waals surface area contributed by atoms with Crippen molar-refractivity contribution in [1.29, 1.82) is 0 Å². The van der Waals surface area contributed by atoms with E-state index in [1.165, 1.54) is 0 Å². The van der Waals surface area contributed by atoms with Crippen LogP contribution in [0.4, 0.5) is 5.82 Å². The van der Waals surface area contributed by atoms with Crippen LogP contribution in [0.5, 0.6) is 0 Å². The van der Waals surface area contributed by atoms with Crippen LogP contribution in [0.15, 0.2) is 30.9 Å². The molecule has 4 heterocycles. The van der Waals surface area contributed by atoms with Gasteiger partial charge in [0.1, 0.15) is 5.52 Å². The van der Waals surface area contributed by atoms with Gasteiger partial charge >= 0.3 is 5.97 Å². The van der Waals surface area contributed by atoms with E-state index in [1.807, 2.05) is 17.8 Å². The number of aryl methyl sites for hydroxylation is 2. The Labute approximate surface area is 183 Å². The Kier molecular flexibility index (Phi) is 4.89. The molecule has 0 unspecified atom stereocenters. The lowest BCUT2D eigenvalue weighted by molar-refractivity contribution is 0.0699. The maximum absolute atomic E-state index is 12.4. The van der Waals surface area contributed by atoms with Gasteiger partial charge in [-0.1, -0.05) is 0 Å². The van der Waals surface area contributed by atoms with E-state index in [2.05, 4.69) is 20.5 Å². The van der Waals surface area contributed by atoms with Crippen molar-refractivity contribution < 1.29 is 14.6 Å². The summed E-state index contributed by atoms with van der Waals surface area (Å²) in [5.74, 6) is 0.375. The molecule has 1 aliphatic carbocycles. The minimum atomic E-state index is -1.06. The third-order valence-corrected chi connectivity index (χ3v) is 5.91. The Bertz CT molecular complexity index is 1300. The van der Waals surface area contributed by atoms with Gasteiger partial charge in [0.2, 0.25) is 5.82 Å². The fourth-order valence-electron chi connectivity index (χ4n) is 4.31. The van der Waals surface area contributed by atoms with Crippen LogP contribution in [-0.4, -0.2) is 64.3 Å². The van der Waals surface area contributed by atoms with Crippen molar-refractivity contribution in [3.63, 3.8) is 0 Å². The van der Waals surface area contributed by atoms with Gasteiger partial charge in [-0.25, -0.2) is 19.3 Å². The highest BCUT2D eigenvalue weighted by Gasteiger charge is 2.29. The maximum atomic E-state index is 12.4. The quantitative estimate of drug-likeness (QED) is 0.471. The van der Waals surface area contributed by atoms with Gasteiger partial charge in [-0.05, 0) is 25.3 Å². The first kappa shape index (κ1) is 20.2. The highest BCUT2D eigenvalue weighted by atomic mass is 16.5. The predicted molar refractivity (Wildman–Crippen MR) is 116 cm³/mol. The fourth-order valence-corrected chi connectivity index (χ4v) is 4.31. The molecule has 0 saturated heterocycles. The maximum Gasteiger partial charge on any atom is 0.338 e. The molecule has 11 nitrogen and oxygen atoms in total. The van der Waals surface area contributed by atoms with E-state index in [-0.39, 0.29) is 17.7 Å². The summed E-state index contributed by atoms with van der Waals surface area (Å²) in [7, 11) is 5.36. The van der Waals surface area contributed by atoms with Gasteiger partial charge in [-0.3, -0.25) is 4.68 Å². The zero-order valence-electron chi connectivity index (χ0n) is 18.1. The average molecular weight is 436 g/mol. The Morgan fingerprint density at radius 1 is 1.25 bits per heavy atom. The van der Waals surface area contributed by atoms with Gasteiger partial charge in [-0.2, -0.15) is 5.10 Å². The Morgan fingerprint density at radius 2 is 2.09 bits per heavy atom. The molecule has 11 heteroatoms. The van der Waals surface area contributed by atoms with Crippen molar-refractivity contribution in [3.8, 4) is 22.9 Å². The summed E-state index contributed by atoms with van der Waals surface area (Å²) in [6.45, 7) is 0. The number of nitrogens with zero attached hydrogens (tertiary/aromatic N) is 7. The highest BCUT2D eigenvalue weighted by molar-refractivity contribution is 6.06. The highest BCUT2D eigenvalue weighted by Crippen LogP contribution is 2.33. The van der Waals surface area contributed by atoms with Crippen molar-refractivity contribution in [1.82, 2.24) is 33.9 Å². The van der Waals surface area contributed by atoms with Gasteiger partial charge in [0, 0.05) is 57.6 Å². The molecule has 0 aliphatic heterocycles. The molecule has 4 aromatic heterocycles. The lowest BCUT2D eigenvalue weighted by atomic mass is 10.1. The van der Waals surface area contributed by atoms with Crippen LogP contribution < -0.4 is 5.32 Å². The van der Waals surface area contributed by atoms with Gasteiger partial charge in [0.05, 0.1) is 17.4 Å². The molecule has 4 aromatic rings. The molecule has 2 atom stereocenters. The van der Waals surface area contributed by atoms with Crippen molar-refractivity contribution >= 4 is 17.3 Å². The molecule has 0 amide bonds. The Morgan fingerprint density at radius 3 is 2.72 bits per heavy atom. The normalized spacial score (nSPS) is 18.5. The molecule has 2 N–H and O–H groups in total. The molecule has 0 spiro atoms. The summed E-state index contributed by atoms with van der Waals surface area (Å²) in [5.41, 5.74) is 1.55. The third kappa shape index (κ3) is 3.40. The number of hydrogen-bond acceptors (Lipinski definition) is 7. The number of carbonyl (C=O) groups is 1. The zero-order chi connectivity index (χ0) is 22.4. The van der Waals surface area contributed by atoms with Crippen LogP contribution in [-0.2, 0) is 18.8 Å². The Balaban J connectivity index is 1.71. The van der Waals surface area contributed by atoms with Crippen LogP contribution in [0.1, 0.15) is 29.6 Å². The van der Waals surface area contributed by atoms with Gasteiger partial charge < -0.3 is 19.7 Å². The van der Waals surface area contributed by atoms with Gasteiger partial charge in [0.15, 0.2) is 11.6 Å². The lowest BCUT2D eigenvalue weighted by Gasteiger charge is -2.16. The van der Waals surface area contributed by atoms with Crippen LogP contribution in [0, 0.1) is 0 Å². The molecule has 0 aromatic carbocycles. The monoisotopic (exact) mass is 436 g/mol. The van der Waals surface area contributed by atoms with E-state index in [1.54, 1.807) is 48.0 Å². The first-order valence-electron chi connectivity index (χ1n) is 10.4. The van der Waals surface area contributed by atoms with Crippen LogP contribution in [0.25, 0.3) is 28.4 Å². The number of carboxylic acids is 1. The number of aromatic nitrogens is 7. The number of hydrogen-bond donors (Lipinski definition) is 2. The number of methoxy groups -OCH3 is 1. The second-order valence-electron chi connectivity index (χ2n) is 8.05. The molecule has 166 valence electrons. The lowest BCUT2D eigenvalue weighted by Crippen LogP contribution is -2.20. The summed E-state index contributed by atoms with van der Waals surface area (Å²) in [6, 6.07) is 1.89. The molecule has 32 heavy (non-hydrogen) atoms. The number of anilines is 1. The van der Waals surface area contributed by atoms with E-state index < -0.39 is 5.97 Å². The first-order valence-corrected chi connectivity index (χ1v) is 10.4. The van der Waals surface area contributed by atoms with E-state index in [9.17, 15) is 9.90 Å². The van der Waals surface area contributed by atoms with Crippen LogP contribution >= 0.6 is 0 Å². The fraction of sp³-hybridized carbons (Fsp3) is 0.381. The largest absolute Gasteiger partial charge is 0.478 e. The molecule has 1 aliphatic rings. The number of aromatic carboxylic acids is 1. The van der Waals surface area contributed by atoms with E-state index >= 15 is 0 Å².